The number of hydrogen-bond acceptors (Lipinski definition) is 6. The molecule has 1 heterocycles. The number of hydrazone groups is 1. The summed E-state index contributed by atoms with van der Waals surface area (Å²) >= 11 is 0. The zero-order valence-electron chi connectivity index (χ0n) is 6.25. The molecule has 0 aromatic rings. The molecular formula is C5H9N5O2. The van der Waals surface area contributed by atoms with Gasteiger partial charge in [0.15, 0.2) is 0 Å². The van der Waals surface area contributed by atoms with Crippen molar-refractivity contribution in [2.45, 2.75) is 5.85 Å². The molecule has 1 aliphatic rings. The Morgan fingerprint density at radius 2 is 2.42 bits per heavy atom. The first-order valence-corrected chi connectivity index (χ1v) is 3.17. The van der Waals surface area contributed by atoms with Crippen LogP contribution in [0.1, 0.15) is 0 Å². The third kappa shape index (κ3) is 1.57. The average Bonchev–Trinajstić information content (AvgIpc) is 1.98. The van der Waals surface area contributed by atoms with E-state index >= 15 is 0 Å². The highest BCUT2D eigenvalue weighted by Gasteiger charge is 2.32. The Morgan fingerprint density at radius 1 is 1.75 bits per heavy atom. The molecule has 66 valence electrons. The largest absolute Gasteiger partial charge is 0.491 e. The summed E-state index contributed by atoms with van der Waals surface area (Å²) in [5.74, 6) is -2.89. The molecule has 12 heavy (non-hydrogen) atoms. The quantitative estimate of drug-likeness (QED) is 0.378. The molecule has 1 atom stereocenters. The Morgan fingerprint density at radius 3 is 2.92 bits per heavy atom. The van der Waals surface area contributed by atoms with Crippen molar-refractivity contribution in [3.05, 3.63) is 12.7 Å². The van der Waals surface area contributed by atoms with Gasteiger partial charge in [-0.1, -0.05) is 6.08 Å². The highest BCUT2D eigenvalue weighted by molar-refractivity contribution is 5.81. The van der Waals surface area contributed by atoms with Crippen molar-refractivity contribution in [3.8, 4) is 0 Å². The summed E-state index contributed by atoms with van der Waals surface area (Å²) in [5.41, 5.74) is 5.04. The van der Waals surface area contributed by atoms with Crippen LogP contribution in [0.25, 0.3) is 0 Å². The first-order valence-electron chi connectivity index (χ1n) is 3.17. The van der Waals surface area contributed by atoms with Crippen molar-refractivity contribution >= 4 is 5.90 Å². The molecule has 0 radical (unpaired) electrons. The minimum Gasteiger partial charge on any atom is -0.491 e. The maximum absolute atomic E-state index is 9.01. The molecular weight excluding hydrogens is 162 g/mol. The van der Waals surface area contributed by atoms with Crippen LogP contribution in [-0.4, -0.2) is 33.6 Å². The minimum absolute atomic E-state index is 0.281. The van der Waals surface area contributed by atoms with Gasteiger partial charge in [0, 0.05) is 0 Å². The van der Waals surface area contributed by atoms with Crippen LogP contribution in [0.15, 0.2) is 28.1 Å². The van der Waals surface area contributed by atoms with Gasteiger partial charge in [-0.05, 0) is 5.22 Å². The van der Waals surface area contributed by atoms with Gasteiger partial charge in [-0.2, -0.15) is 5.12 Å². The molecule has 0 aromatic carbocycles. The van der Waals surface area contributed by atoms with Gasteiger partial charge in [-0.3, -0.25) is 5.73 Å². The number of nitrogens with two attached hydrogens (primary N) is 1. The van der Waals surface area contributed by atoms with Gasteiger partial charge in [0.2, 0.25) is 0 Å². The lowest BCUT2D eigenvalue weighted by atomic mass is 10.4. The number of aliphatic hydroxyl groups is 2. The normalized spacial score (nSPS) is 28.5. The van der Waals surface area contributed by atoms with Crippen LogP contribution in [0.3, 0.4) is 0 Å². The molecule has 0 saturated carbocycles. The molecule has 0 amide bonds. The van der Waals surface area contributed by atoms with Crippen LogP contribution in [0.5, 0.6) is 0 Å². The minimum atomic E-state index is -2.20. The zero-order valence-corrected chi connectivity index (χ0v) is 6.25. The van der Waals surface area contributed by atoms with Gasteiger partial charge in [0.05, 0.1) is 6.54 Å². The Hall–Kier alpha value is -1.47. The SMILES string of the molecule is C=CCN1N=NC(N)(O)C(O)=N1. The van der Waals surface area contributed by atoms with E-state index in [0.29, 0.717) is 0 Å². The molecule has 0 fully saturated rings. The predicted octanol–water partition coefficient (Wildman–Crippen LogP) is -0.669. The van der Waals surface area contributed by atoms with E-state index < -0.39 is 11.7 Å². The lowest BCUT2D eigenvalue weighted by Gasteiger charge is -2.21. The van der Waals surface area contributed by atoms with Gasteiger partial charge in [-0.15, -0.1) is 16.8 Å². The lowest BCUT2D eigenvalue weighted by molar-refractivity contribution is 0.0704. The van der Waals surface area contributed by atoms with Crippen molar-refractivity contribution in [2.24, 2.45) is 21.2 Å². The van der Waals surface area contributed by atoms with E-state index in [1.807, 2.05) is 0 Å². The first kappa shape index (κ1) is 8.62. The van der Waals surface area contributed by atoms with Crippen molar-refractivity contribution in [1.82, 2.24) is 5.12 Å². The van der Waals surface area contributed by atoms with Crippen LogP contribution in [0.2, 0.25) is 0 Å². The number of hydrogen-bond donors (Lipinski definition) is 3. The molecule has 0 bridgehead atoms. The highest BCUT2D eigenvalue weighted by Crippen LogP contribution is 2.09. The van der Waals surface area contributed by atoms with Gasteiger partial charge in [0.25, 0.3) is 5.90 Å². The summed E-state index contributed by atoms with van der Waals surface area (Å²) in [6, 6.07) is 0. The third-order valence-electron chi connectivity index (χ3n) is 1.13. The molecule has 1 unspecified atom stereocenters. The van der Waals surface area contributed by atoms with E-state index in [-0.39, 0.29) is 6.54 Å². The summed E-state index contributed by atoms with van der Waals surface area (Å²) in [6.45, 7) is 3.71. The second kappa shape index (κ2) is 2.88. The van der Waals surface area contributed by atoms with Gasteiger partial charge in [-0.25, -0.2) is 0 Å². The first-order chi connectivity index (χ1) is 5.56. The second-order valence-electron chi connectivity index (χ2n) is 2.18. The smallest absolute Gasteiger partial charge is 0.312 e. The second-order valence-corrected chi connectivity index (χ2v) is 2.18. The van der Waals surface area contributed by atoms with E-state index in [0.717, 1.165) is 5.12 Å². The summed E-state index contributed by atoms with van der Waals surface area (Å²) in [4.78, 5) is 0. The standard InChI is InChI=1S/C5H9N5O2/c1-2-3-10-7-4(11)5(6,12)8-9-10/h2,12H,1,3,6H2,(H,7,11). The summed E-state index contributed by atoms with van der Waals surface area (Å²) in [7, 11) is 0. The van der Waals surface area contributed by atoms with E-state index in [1.54, 1.807) is 0 Å². The van der Waals surface area contributed by atoms with Crippen molar-refractivity contribution < 1.29 is 10.2 Å². The van der Waals surface area contributed by atoms with E-state index in [1.165, 1.54) is 6.08 Å². The Balaban J connectivity index is 2.75. The van der Waals surface area contributed by atoms with Crippen molar-refractivity contribution in [1.29, 1.82) is 0 Å². The van der Waals surface area contributed by atoms with Gasteiger partial charge < -0.3 is 10.2 Å². The van der Waals surface area contributed by atoms with E-state index in [4.69, 9.17) is 15.9 Å². The Kier molecular flexibility index (Phi) is 2.07. The van der Waals surface area contributed by atoms with Gasteiger partial charge >= 0.3 is 5.85 Å². The molecule has 4 N–H and O–H groups in total. The summed E-state index contributed by atoms with van der Waals surface area (Å²) in [6.07, 6.45) is 1.51. The number of rotatable bonds is 2. The molecule has 7 heteroatoms. The van der Waals surface area contributed by atoms with Crippen LogP contribution in [0, 0.1) is 0 Å². The fraction of sp³-hybridized carbons (Fsp3) is 0.400. The van der Waals surface area contributed by atoms with Crippen LogP contribution < -0.4 is 5.73 Å². The molecule has 0 aliphatic carbocycles. The molecule has 0 aromatic heterocycles. The molecule has 7 nitrogen and oxygen atoms in total. The highest BCUT2D eigenvalue weighted by atomic mass is 16.4. The Labute approximate surface area is 68.5 Å². The fourth-order valence-corrected chi connectivity index (χ4v) is 0.560. The van der Waals surface area contributed by atoms with Crippen molar-refractivity contribution in [2.75, 3.05) is 6.54 Å². The maximum Gasteiger partial charge on any atom is 0.312 e. The van der Waals surface area contributed by atoms with Crippen molar-refractivity contribution in [3.63, 3.8) is 0 Å². The lowest BCUT2D eigenvalue weighted by Crippen LogP contribution is -2.48. The fourth-order valence-electron chi connectivity index (χ4n) is 0.560. The molecule has 1 aliphatic heterocycles. The molecule has 0 spiro atoms. The maximum atomic E-state index is 9.01. The van der Waals surface area contributed by atoms with Crippen LogP contribution in [-0.2, 0) is 0 Å². The zero-order chi connectivity index (χ0) is 9.19. The monoisotopic (exact) mass is 171 g/mol. The number of aliphatic hydroxyl groups excluding tert-OH is 1. The predicted molar refractivity (Wildman–Crippen MR) is 41.0 cm³/mol. The van der Waals surface area contributed by atoms with E-state index in [9.17, 15) is 0 Å². The van der Waals surface area contributed by atoms with Gasteiger partial charge in [0.1, 0.15) is 0 Å². The van der Waals surface area contributed by atoms with Crippen LogP contribution >= 0.6 is 0 Å². The topological polar surface area (TPSA) is 107 Å². The molecule has 0 saturated heterocycles. The average molecular weight is 171 g/mol. The third-order valence-corrected chi connectivity index (χ3v) is 1.13. The Bertz CT molecular complexity index is 246. The summed E-state index contributed by atoms with van der Waals surface area (Å²) in [5, 5.41) is 29.0. The summed E-state index contributed by atoms with van der Waals surface area (Å²) < 4.78 is 0. The van der Waals surface area contributed by atoms with E-state index in [2.05, 4.69) is 22.0 Å². The number of nitrogens with zero attached hydrogens (tertiary/aromatic N) is 4. The van der Waals surface area contributed by atoms with Crippen LogP contribution in [0.4, 0.5) is 0 Å². The molecule has 1 rings (SSSR count).